The number of carbonyl (C=O) groups excluding carboxylic acids is 1. The van der Waals surface area contributed by atoms with Crippen molar-refractivity contribution in [3.05, 3.63) is 40.6 Å². The first-order valence-corrected chi connectivity index (χ1v) is 6.12. The molecule has 0 saturated carbocycles. The number of nitrogens with one attached hydrogen (secondary N) is 1. The van der Waals surface area contributed by atoms with E-state index >= 15 is 0 Å². The molecule has 16 heavy (non-hydrogen) atoms. The third-order valence-electron chi connectivity index (χ3n) is 2.59. The summed E-state index contributed by atoms with van der Waals surface area (Å²) < 4.78 is 0.740. The summed E-state index contributed by atoms with van der Waals surface area (Å²) in [4.78, 5) is 15.9. The molecule has 1 heterocycles. The van der Waals surface area contributed by atoms with Crippen LogP contribution in [-0.4, -0.2) is 16.9 Å². The van der Waals surface area contributed by atoms with E-state index in [1.54, 1.807) is 18.3 Å². The topological polar surface area (TPSA) is 42.0 Å². The van der Waals surface area contributed by atoms with Crippen molar-refractivity contribution >= 4 is 21.8 Å². The smallest absolute Gasteiger partial charge is 0.253 e. The van der Waals surface area contributed by atoms with Gasteiger partial charge in [-0.15, -0.1) is 0 Å². The third-order valence-corrected chi connectivity index (χ3v) is 3.06. The zero-order valence-electron chi connectivity index (χ0n) is 8.82. The molecule has 0 aromatic carbocycles. The van der Waals surface area contributed by atoms with Crippen LogP contribution in [0.2, 0.25) is 0 Å². The van der Waals surface area contributed by atoms with Gasteiger partial charge in [0.25, 0.3) is 5.91 Å². The Bertz CT molecular complexity index is 400. The molecule has 3 nitrogen and oxygen atoms in total. The molecule has 4 heteroatoms. The van der Waals surface area contributed by atoms with Crippen molar-refractivity contribution in [3.8, 4) is 0 Å². The predicted octanol–water partition coefficient (Wildman–Crippen LogP) is 2.68. The first-order valence-electron chi connectivity index (χ1n) is 5.33. The maximum absolute atomic E-state index is 11.8. The second-order valence-corrected chi connectivity index (χ2v) is 4.64. The van der Waals surface area contributed by atoms with Crippen LogP contribution < -0.4 is 5.32 Å². The average molecular weight is 281 g/mol. The summed E-state index contributed by atoms with van der Waals surface area (Å²) in [5, 5.41) is 3.01. The summed E-state index contributed by atoms with van der Waals surface area (Å²) >= 11 is 3.24. The van der Waals surface area contributed by atoms with Gasteiger partial charge in [0.15, 0.2) is 0 Å². The fraction of sp³-hybridized carbons (Fsp3) is 0.333. The van der Waals surface area contributed by atoms with Gasteiger partial charge in [0.2, 0.25) is 0 Å². The van der Waals surface area contributed by atoms with Crippen molar-refractivity contribution in [2.24, 2.45) is 0 Å². The number of allylic oxidation sites excluding steroid dienone is 1. The van der Waals surface area contributed by atoms with E-state index in [4.69, 9.17) is 0 Å². The zero-order chi connectivity index (χ0) is 11.4. The van der Waals surface area contributed by atoms with Crippen molar-refractivity contribution in [1.29, 1.82) is 0 Å². The minimum Gasteiger partial charge on any atom is -0.349 e. The Kier molecular flexibility index (Phi) is 3.72. The second kappa shape index (κ2) is 5.25. The number of rotatable bonds is 2. The zero-order valence-corrected chi connectivity index (χ0v) is 10.4. The largest absolute Gasteiger partial charge is 0.349 e. The molecule has 84 valence electrons. The van der Waals surface area contributed by atoms with Crippen LogP contribution in [0.1, 0.15) is 29.6 Å². The molecule has 1 amide bonds. The van der Waals surface area contributed by atoms with Gasteiger partial charge in [-0.05, 0) is 47.3 Å². The number of carbonyl (C=O) groups is 1. The molecule has 0 aliphatic heterocycles. The maximum atomic E-state index is 11.8. The summed E-state index contributed by atoms with van der Waals surface area (Å²) in [6.07, 6.45) is 8.85. The van der Waals surface area contributed by atoms with E-state index in [2.05, 4.69) is 38.4 Å². The number of aromatic nitrogens is 1. The monoisotopic (exact) mass is 280 g/mol. The maximum Gasteiger partial charge on any atom is 0.253 e. The van der Waals surface area contributed by atoms with Crippen LogP contribution in [0.4, 0.5) is 0 Å². The van der Waals surface area contributed by atoms with Gasteiger partial charge in [-0.25, -0.2) is 4.98 Å². The molecule has 1 N–H and O–H groups in total. The summed E-state index contributed by atoms with van der Waals surface area (Å²) in [5.41, 5.74) is 0.609. The molecule has 0 saturated heterocycles. The first-order chi connectivity index (χ1) is 7.75. The molecule has 1 aliphatic carbocycles. The molecule has 0 fully saturated rings. The summed E-state index contributed by atoms with van der Waals surface area (Å²) in [5.74, 6) is -0.0414. The molecule has 0 spiro atoms. The molecule has 1 unspecified atom stereocenters. The summed E-state index contributed by atoms with van der Waals surface area (Å²) in [6.45, 7) is 0. The molecule has 1 aliphatic rings. The van der Waals surface area contributed by atoms with Crippen molar-refractivity contribution in [1.82, 2.24) is 10.3 Å². The van der Waals surface area contributed by atoms with Gasteiger partial charge in [-0.3, -0.25) is 4.79 Å². The molecule has 0 bridgehead atoms. The van der Waals surface area contributed by atoms with E-state index in [1.807, 2.05) is 0 Å². The van der Waals surface area contributed by atoms with E-state index in [-0.39, 0.29) is 11.9 Å². The van der Waals surface area contributed by atoms with E-state index in [1.165, 1.54) is 0 Å². The van der Waals surface area contributed by atoms with Gasteiger partial charge in [0.05, 0.1) is 5.56 Å². The molecular weight excluding hydrogens is 268 g/mol. The van der Waals surface area contributed by atoms with E-state index in [0.717, 1.165) is 23.9 Å². The van der Waals surface area contributed by atoms with Gasteiger partial charge < -0.3 is 5.32 Å². The van der Waals surface area contributed by atoms with Gasteiger partial charge in [0.1, 0.15) is 4.60 Å². The van der Waals surface area contributed by atoms with Crippen LogP contribution >= 0.6 is 15.9 Å². The van der Waals surface area contributed by atoms with Crippen LogP contribution in [0, 0.1) is 0 Å². The number of hydrogen-bond donors (Lipinski definition) is 1. The van der Waals surface area contributed by atoms with Crippen molar-refractivity contribution in [2.75, 3.05) is 0 Å². The fourth-order valence-electron chi connectivity index (χ4n) is 1.70. The lowest BCUT2D eigenvalue weighted by molar-refractivity contribution is 0.0934. The number of amides is 1. The minimum absolute atomic E-state index is 0.0414. The standard InChI is InChI=1S/C12H13BrN2O/c13-11-7-6-9(8-14-11)12(16)15-10-4-2-1-3-5-10/h1-2,6-8,10H,3-5H2,(H,15,16). The van der Waals surface area contributed by atoms with Gasteiger partial charge >= 0.3 is 0 Å². The first kappa shape index (κ1) is 11.3. The van der Waals surface area contributed by atoms with Crippen LogP contribution in [-0.2, 0) is 0 Å². The highest BCUT2D eigenvalue weighted by atomic mass is 79.9. The summed E-state index contributed by atoms with van der Waals surface area (Å²) in [6, 6.07) is 3.81. The summed E-state index contributed by atoms with van der Waals surface area (Å²) in [7, 11) is 0. The van der Waals surface area contributed by atoms with Gasteiger partial charge in [-0.1, -0.05) is 12.2 Å². The second-order valence-electron chi connectivity index (χ2n) is 3.82. The lowest BCUT2D eigenvalue weighted by Crippen LogP contribution is -2.35. The highest BCUT2D eigenvalue weighted by Gasteiger charge is 2.14. The third kappa shape index (κ3) is 2.92. The van der Waals surface area contributed by atoms with E-state index in [9.17, 15) is 4.79 Å². The highest BCUT2D eigenvalue weighted by Crippen LogP contribution is 2.12. The Morgan fingerprint density at radius 3 is 2.94 bits per heavy atom. The Labute approximate surface area is 103 Å². The Morgan fingerprint density at radius 1 is 1.44 bits per heavy atom. The van der Waals surface area contributed by atoms with Crippen LogP contribution in [0.25, 0.3) is 0 Å². The van der Waals surface area contributed by atoms with Crippen molar-refractivity contribution < 1.29 is 4.79 Å². The fourth-order valence-corrected chi connectivity index (χ4v) is 1.94. The van der Waals surface area contributed by atoms with E-state index in [0.29, 0.717) is 5.56 Å². The molecule has 2 rings (SSSR count). The molecule has 0 radical (unpaired) electrons. The quantitative estimate of drug-likeness (QED) is 0.669. The average Bonchev–Trinajstić information content (AvgIpc) is 2.31. The number of halogens is 1. The lowest BCUT2D eigenvalue weighted by Gasteiger charge is -2.19. The molecule has 1 atom stereocenters. The van der Waals surface area contributed by atoms with Crippen LogP contribution in [0.3, 0.4) is 0 Å². The van der Waals surface area contributed by atoms with Gasteiger partial charge in [-0.2, -0.15) is 0 Å². The Balaban J connectivity index is 1.97. The SMILES string of the molecule is O=C(NC1CC=CCC1)c1ccc(Br)nc1. The van der Waals surface area contributed by atoms with Crippen molar-refractivity contribution in [2.45, 2.75) is 25.3 Å². The predicted molar refractivity (Wildman–Crippen MR) is 66.2 cm³/mol. The molecular formula is C12H13BrN2O. The Morgan fingerprint density at radius 2 is 2.31 bits per heavy atom. The van der Waals surface area contributed by atoms with Crippen LogP contribution in [0.5, 0.6) is 0 Å². The van der Waals surface area contributed by atoms with Crippen LogP contribution in [0.15, 0.2) is 35.1 Å². The molecule has 1 aromatic heterocycles. The van der Waals surface area contributed by atoms with Crippen molar-refractivity contribution in [3.63, 3.8) is 0 Å². The number of hydrogen-bond acceptors (Lipinski definition) is 2. The lowest BCUT2D eigenvalue weighted by atomic mass is 10.0. The van der Waals surface area contributed by atoms with Gasteiger partial charge in [0, 0.05) is 12.2 Å². The Hall–Kier alpha value is -1.16. The highest BCUT2D eigenvalue weighted by molar-refractivity contribution is 9.10. The normalized spacial score (nSPS) is 19.4. The molecule has 1 aromatic rings. The van der Waals surface area contributed by atoms with E-state index < -0.39 is 0 Å². The number of pyridine rings is 1. The number of nitrogens with zero attached hydrogens (tertiary/aromatic N) is 1. The minimum atomic E-state index is -0.0414.